The molecule has 0 spiro atoms. The average Bonchev–Trinajstić information content (AvgIpc) is 2.81. The Morgan fingerprint density at radius 1 is 1.11 bits per heavy atom. The summed E-state index contributed by atoms with van der Waals surface area (Å²) in [6.45, 7) is 4.02. The summed E-state index contributed by atoms with van der Waals surface area (Å²) in [5.41, 5.74) is 6.54. The van der Waals surface area contributed by atoms with Crippen LogP contribution in [0.2, 0.25) is 0 Å². The minimum Gasteiger partial charge on any atom is -0.370 e. The lowest BCUT2D eigenvalue weighted by atomic mass is 10.0. The van der Waals surface area contributed by atoms with Gasteiger partial charge in [0.1, 0.15) is 6.04 Å². The molecule has 8 nitrogen and oxygen atoms in total. The Labute approximate surface area is 202 Å². The molecule has 0 radical (unpaired) electrons. The third-order valence-electron chi connectivity index (χ3n) is 5.88. The van der Waals surface area contributed by atoms with Gasteiger partial charge in [0.2, 0.25) is 15.9 Å². The van der Waals surface area contributed by atoms with E-state index in [0.717, 1.165) is 27.6 Å². The van der Waals surface area contributed by atoms with E-state index in [1.165, 1.54) is 4.90 Å². The van der Waals surface area contributed by atoms with Gasteiger partial charge < -0.3 is 16.0 Å². The van der Waals surface area contributed by atoms with Crippen molar-refractivity contribution in [3.63, 3.8) is 0 Å². The van der Waals surface area contributed by atoms with E-state index in [1.807, 2.05) is 24.3 Å². The Bertz CT molecular complexity index is 1170. The zero-order valence-corrected chi connectivity index (χ0v) is 20.2. The molecule has 0 saturated carbocycles. The van der Waals surface area contributed by atoms with Gasteiger partial charge >= 0.3 is 6.18 Å². The van der Waals surface area contributed by atoms with Gasteiger partial charge in [-0.1, -0.05) is 38.1 Å². The minimum absolute atomic E-state index is 0.0651. The maximum atomic E-state index is 13.3. The Kier molecular flexibility index (Phi) is 7.75. The van der Waals surface area contributed by atoms with Crippen molar-refractivity contribution in [2.75, 3.05) is 19.6 Å². The summed E-state index contributed by atoms with van der Waals surface area (Å²) in [5.74, 6) is -0.555. The molecule has 1 amide bonds. The van der Waals surface area contributed by atoms with E-state index in [0.29, 0.717) is 18.1 Å². The van der Waals surface area contributed by atoms with Crippen LogP contribution in [0.25, 0.3) is 0 Å². The highest BCUT2D eigenvalue weighted by Crippen LogP contribution is 2.31. The van der Waals surface area contributed by atoms with Crippen LogP contribution in [0.4, 0.5) is 13.2 Å². The molecule has 0 bridgehead atoms. The molecule has 1 atom stereocenters. The topological polar surface area (TPSA) is 120 Å². The molecule has 2 aromatic carbocycles. The third-order valence-corrected chi connectivity index (χ3v) is 7.80. The number of nitrogens with two attached hydrogens (primary N) is 1. The molecule has 35 heavy (non-hydrogen) atoms. The van der Waals surface area contributed by atoms with Gasteiger partial charge in [-0.2, -0.15) is 17.5 Å². The normalized spacial score (nSPS) is 17.4. The number of hydrogen-bond acceptors (Lipinski definition) is 4. The fourth-order valence-electron chi connectivity index (χ4n) is 3.77. The molecule has 190 valence electrons. The van der Waals surface area contributed by atoms with Crippen molar-refractivity contribution in [1.82, 2.24) is 14.5 Å². The quantitative estimate of drug-likeness (QED) is 0.407. The number of amides is 1. The fraction of sp³-hybridized carbons (Fsp3) is 0.391. The fourth-order valence-corrected chi connectivity index (χ4v) is 5.34. The van der Waals surface area contributed by atoms with Gasteiger partial charge in [-0.15, -0.1) is 0 Å². The summed E-state index contributed by atoms with van der Waals surface area (Å²) < 4.78 is 66.2. The molecular formula is C23H28F3N5O3S. The van der Waals surface area contributed by atoms with Gasteiger partial charge in [-0.25, -0.2) is 8.42 Å². The first-order valence-electron chi connectivity index (χ1n) is 11.0. The predicted molar refractivity (Wildman–Crippen MR) is 125 cm³/mol. The Balaban J connectivity index is 1.82. The molecule has 1 heterocycles. The van der Waals surface area contributed by atoms with E-state index in [9.17, 15) is 26.4 Å². The molecular weight excluding hydrogens is 483 g/mol. The highest BCUT2D eigenvalue weighted by molar-refractivity contribution is 7.89. The molecule has 0 aromatic heterocycles. The van der Waals surface area contributed by atoms with Crippen LogP contribution in [-0.4, -0.2) is 55.2 Å². The highest BCUT2D eigenvalue weighted by atomic mass is 32.2. The Morgan fingerprint density at radius 3 is 2.23 bits per heavy atom. The summed E-state index contributed by atoms with van der Waals surface area (Å²) in [5, 5.41) is 10.4. The number of piperazine rings is 1. The molecule has 1 aliphatic rings. The van der Waals surface area contributed by atoms with Crippen LogP contribution in [0.15, 0.2) is 53.4 Å². The smallest absolute Gasteiger partial charge is 0.370 e. The first kappa shape index (κ1) is 26.5. The van der Waals surface area contributed by atoms with Crippen LogP contribution in [0.1, 0.15) is 36.5 Å². The van der Waals surface area contributed by atoms with Crippen LogP contribution < -0.4 is 11.1 Å². The second kappa shape index (κ2) is 10.2. The third kappa shape index (κ3) is 6.12. The lowest BCUT2D eigenvalue weighted by Crippen LogP contribution is -2.62. The van der Waals surface area contributed by atoms with Gasteiger partial charge in [0.15, 0.2) is 5.96 Å². The maximum Gasteiger partial charge on any atom is 0.416 e. The van der Waals surface area contributed by atoms with Crippen molar-refractivity contribution in [2.45, 2.75) is 43.4 Å². The molecule has 1 saturated heterocycles. The van der Waals surface area contributed by atoms with Crippen LogP contribution in [-0.2, 0) is 27.5 Å². The molecule has 0 aliphatic carbocycles. The standard InChI is InChI=1S/C23H28F3N5O3S/c1-15(2)17-5-3-16(4-6-17)13-29-21(32)20-14-30(22(27)28)11-12-31(20)35(33,34)19-9-7-18(8-10-19)23(24,25)26/h3-10,15,20H,11-14H2,1-2H3,(H3,27,28)(H,29,32)/t20-/m1/s1. The lowest BCUT2D eigenvalue weighted by Gasteiger charge is -2.39. The van der Waals surface area contributed by atoms with Crippen LogP contribution >= 0.6 is 0 Å². The van der Waals surface area contributed by atoms with Gasteiger partial charge in [0.25, 0.3) is 0 Å². The average molecular weight is 512 g/mol. The van der Waals surface area contributed by atoms with Crippen LogP contribution in [0.5, 0.6) is 0 Å². The van der Waals surface area contributed by atoms with E-state index in [4.69, 9.17) is 11.1 Å². The second-order valence-electron chi connectivity index (χ2n) is 8.60. The minimum atomic E-state index is -4.61. The van der Waals surface area contributed by atoms with Crippen molar-refractivity contribution < 1.29 is 26.4 Å². The number of halogens is 3. The number of guanidine groups is 1. The molecule has 12 heteroatoms. The molecule has 3 rings (SSSR count). The van der Waals surface area contributed by atoms with Gasteiger partial charge in [0.05, 0.1) is 10.5 Å². The van der Waals surface area contributed by atoms with Gasteiger partial charge in [-0.3, -0.25) is 10.2 Å². The first-order chi connectivity index (χ1) is 16.3. The molecule has 4 N–H and O–H groups in total. The van der Waals surface area contributed by atoms with E-state index in [2.05, 4.69) is 19.2 Å². The van der Waals surface area contributed by atoms with Crippen molar-refractivity contribution >= 4 is 21.9 Å². The summed E-state index contributed by atoms with van der Waals surface area (Å²) in [6, 6.07) is 9.54. The van der Waals surface area contributed by atoms with Crippen LogP contribution in [0.3, 0.4) is 0 Å². The zero-order valence-electron chi connectivity index (χ0n) is 19.3. The number of sulfonamides is 1. The first-order valence-corrected chi connectivity index (χ1v) is 12.4. The largest absolute Gasteiger partial charge is 0.416 e. The molecule has 0 unspecified atom stereocenters. The number of nitrogens with one attached hydrogen (secondary N) is 2. The van der Waals surface area contributed by atoms with E-state index < -0.39 is 33.7 Å². The lowest BCUT2D eigenvalue weighted by molar-refractivity contribution is -0.137. The van der Waals surface area contributed by atoms with Crippen molar-refractivity contribution in [1.29, 1.82) is 5.41 Å². The predicted octanol–water partition coefficient (Wildman–Crippen LogP) is 2.71. The van der Waals surface area contributed by atoms with E-state index in [-0.39, 0.29) is 37.0 Å². The number of carbonyl (C=O) groups excluding carboxylic acids is 1. The zero-order chi connectivity index (χ0) is 26.0. The molecule has 1 fully saturated rings. The van der Waals surface area contributed by atoms with Gasteiger partial charge in [0, 0.05) is 26.2 Å². The van der Waals surface area contributed by atoms with E-state index in [1.54, 1.807) is 0 Å². The van der Waals surface area contributed by atoms with Crippen molar-refractivity contribution in [3.05, 3.63) is 65.2 Å². The van der Waals surface area contributed by atoms with Crippen LogP contribution in [0, 0.1) is 5.41 Å². The number of alkyl halides is 3. The number of rotatable bonds is 6. The summed E-state index contributed by atoms with van der Waals surface area (Å²) >= 11 is 0. The van der Waals surface area contributed by atoms with E-state index >= 15 is 0 Å². The number of hydrogen-bond donors (Lipinski definition) is 3. The number of carbonyl (C=O) groups is 1. The maximum absolute atomic E-state index is 13.3. The summed E-state index contributed by atoms with van der Waals surface area (Å²) in [7, 11) is -4.30. The number of nitrogens with zero attached hydrogens (tertiary/aromatic N) is 2. The summed E-state index contributed by atoms with van der Waals surface area (Å²) in [6.07, 6.45) is -4.61. The van der Waals surface area contributed by atoms with Gasteiger partial charge in [-0.05, 0) is 41.3 Å². The molecule has 2 aromatic rings. The summed E-state index contributed by atoms with van der Waals surface area (Å²) in [4.78, 5) is 14.1. The van der Waals surface area contributed by atoms with Crippen molar-refractivity contribution in [3.8, 4) is 0 Å². The molecule has 1 aliphatic heterocycles. The van der Waals surface area contributed by atoms with Crippen molar-refractivity contribution in [2.24, 2.45) is 5.73 Å². The SMILES string of the molecule is CC(C)c1ccc(CNC(=O)[C@H]2CN(C(=N)N)CCN2S(=O)(=O)c2ccc(C(F)(F)F)cc2)cc1. The highest BCUT2D eigenvalue weighted by Gasteiger charge is 2.41. The Morgan fingerprint density at radius 2 is 1.71 bits per heavy atom. The monoisotopic (exact) mass is 511 g/mol. The number of benzene rings is 2. The Hall–Kier alpha value is -3.12. The second-order valence-corrected chi connectivity index (χ2v) is 10.5.